The Morgan fingerprint density at radius 2 is 0.815 bits per heavy atom. The van der Waals surface area contributed by atoms with Crippen molar-refractivity contribution in [2.24, 2.45) is 0 Å². The molecular formula is C96H78F3N7O16S8. The fourth-order valence-electron chi connectivity index (χ4n) is 15.5. The fourth-order valence-corrected chi connectivity index (χ4v) is 24.8. The third kappa shape index (κ3) is 21.1. The predicted octanol–water partition coefficient (Wildman–Crippen LogP) is 21.9. The Morgan fingerprint density at radius 1 is 0.392 bits per heavy atom. The number of aromatic amines is 1. The lowest BCUT2D eigenvalue weighted by atomic mass is 9.99. The number of hydrogen-bond donors (Lipinski definition) is 5. The van der Waals surface area contributed by atoms with E-state index < -0.39 is 80.7 Å². The van der Waals surface area contributed by atoms with Gasteiger partial charge in [0.25, 0.3) is 0 Å². The average Bonchev–Trinajstić information content (AvgIpc) is 1.71. The molecule has 0 unspecified atom stereocenters. The molecule has 0 atom stereocenters. The highest BCUT2D eigenvalue weighted by Crippen LogP contribution is 2.49. The predicted molar refractivity (Wildman–Crippen MR) is 491 cm³/mol. The van der Waals surface area contributed by atoms with E-state index >= 15 is 0 Å². The number of sulfone groups is 4. The van der Waals surface area contributed by atoms with E-state index in [1.807, 2.05) is 115 Å². The van der Waals surface area contributed by atoms with Crippen molar-refractivity contribution in [2.45, 2.75) is 131 Å². The molecule has 15 aromatic rings. The number of nitrogens with zero attached hydrogens (tertiary/aromatic N) is 6. The molecule has 4 saturated carbocycles. The smallest absolute Gasteiger partial charge is 0.416 e. The van der Waals surface area contributed by atoms with Crippen LogP contribution in [-0.4, -0.2) is 111 Å². The number of benzene rings is 8. The maximum absolute atomic E-state index is 13.8. The van der Waals surface area contributed by atoms with Gasteiger partial charge < -0.3 is 20.4 Å². The molecule has 8 aromatic carbocycles. The van der Waals surface area contributed by atoms with Gasteiger partial charge in [-0.1, -0.05) is 84.9 Å². The van der Waals surface area contributed by atoms with Gasteiger partial charge in [0.2, 0.25) is 0 Å². The van der Waals surface area contributed by atoms with Gasteiger partial charge in [0.1, 0.15) is 0 Å². The number of aromatic carboxylic acids is 4. The molecule has 7 heterocycles. The summed E-state index contributed by atoms with van der Waals surface area (Å²) in [5.41, 5.74) is 12.1. The van der Waals surface area contributed by atoms with Crippen LogP contribution in [0, 0.1) is 6.92 Å². The second-order valence-corrected chi connectivity index (χ2v) is 43.1. The van der Waals surface area contributed by atoms with Crippen molar-refractivity contribution in [1.82, 2.24) is 33.3 Å². The zero-order valence-corrected chi connectivity index (χ0v) is 75.3. The number of pyridine rings is 2. The van der Waals surface area contributed by atoms with Crippen molar-refractivity contribution in [2.75, 3.05) is 0 Å². The van der Waals surface area contributed by atoms with Crippen LogP contribution in [0.4, 0.5) is 13.2 Å². The summed E-state index contributed by atoms with van der Waals surface area (Å²) in [5.74, 6) is -5.62. The van der Waals surface area contributed by atoms with E-state index in [0.717, 1.165) is 140 Å². The summed E-state index contributed by atoms with van der Waals surface area (Å²) < 4.78 is 161. The van der Waals surface area contributed by atoms with Crippen LogP contribution in [0.2, 0.25) is 0 Å². The van der Waals surface area contributed by atoms with Gasteiger partial charge in [-0.2, -0.15) is 22.6 Å². The minimum absolute atomic E-state index is 0.00661. The number of carboxylic acid groups (broad SMARTS) is 4. The SMILES string of the molecule is Cc1sncc1-c1ccc(-c2ccccn2)c(CS(=O)(=O)c2cc(C(=O)O)ccc2C2CC2)c1.O=C(O)c1ccc(C2CC2)c(S(=O)(=O)Cc2cc(-c3ccns3)ccc2-c2cccs2)c1.O=C(O)c1ccc(C2CC2)c(S(=O)(=O)Cc2cc(-c3cn[nH]c3)ccc2-c2ccccn2)c1.O=C(O)c1ccc(C2CC2)c(S(=O)(=O)Cc2cc(C(F)(F)F)ccc2-c2ccsn2)c1. The van der Waals surface area contributed by atoms with Gasteiger partial charge in [-0.15, -0.1) is 11.3 Å². The number of halogens is 3. The highest BCUT2D eigenvalue weighted by molar-refractivity contribution is 7.91. The number of alkyl halides is 3. The van der Waals surface area contributed by atoms with Gasteiger partial charge in [0.15, 0.2) is 39.3 Å². The van der Waals surface area contributed by atoms with Crippen LogP contribution in [0.15, 0.2) is 274 Å². The van der Waals surface area contributed by atoms with E-state index in [1.165, 1.54) is 77.7 Å². The lowest BCUT2D eigenvalue weighted by Gasteiger charge is -2.15. The number of aryl methyl sites for hydroxylation is 1. The molecule has 23 nitrogen and oxygen atoms in total. The normalized spacial score (nSPS) is 13.9. The third-order valence-corrected chi connectivity index (χ3v) is 32.4. The first-order chi connectivity index (χ1) is 62.2. The van der Waals surface area contributed by atoms with Gasteiger partial charge >= 0.3 is 30.1 Å². The number of carboxylic acids is 4. The minimum Gasteiger partial charge on any atom is -0.478 e. The molecule has 0 radical (unpaired) electrons. The maximum atomic E-state index is 13.8. The van der Waals surface area contributed by atoms with Gasteiger partial charge in [-0.25, -0.2) is 61.6 Å². The number of H-pyrrole nitrogens is 1. The molecule has 4 fully saturated rings. The Balaban J connectivity index is 0.000000127. The number of thiophene rings is 1. The second kappa shape index (κ2) is 37.8. The number of hydrogen-bond acceptors (Lipinski definition) is 22. The first kappa shape index (κ1) is 90.7. The van der Waals surface area contributed by atoms with E-state index in [0.29, 0.717) is 61.6 Å². The van der Waals surface area contributed by atoms with Crippen LogP contribution in [0.25, 0.3) is 76.9 Å². The van der Waals surface area contributed by atoms with E-state index in [4.69, 9.17) is 0 Å². The van der Waals surface area contributed by atoms with Crippen LogP contribution in [0.3, 0.4) is 0 Å². The summed E-state index contributed by atoms with van der Waals surface area (Å²) in [6.07, 6.45) is 12.7. The van der Waals surface area contributed by atoms with Crippen LogP contribution in [0.5, 0.6) is 0 Å². The highest BCUT2D eigenvalue weighted by Gasteiger charge is 2.38. The zero-order valence-electron chi connectivity index (χ0n) is 68.8. The Hall–Kier alpha value is -12.7. The molecule has 130 heavy (non-hydrogen) atoms. The average molecular weight is 1900 g/mol. The summed E-state index contributed by atoms with van der Waals surface area (Å²) >= 11 is 5.41. The van der Waals surface area contributed by atoms with Crippen LogP contribution in [0.1, 0.15) is 171 Å². The van der Waals surface area contributed by atoms with E-state index in [-0.39, 0.29) is 88.3 Å². The monoisotopic (exact) mass is 1900 g/mol. The molecule has 0 amide bonds. The Kier molecular flexibility index (Phi) is 26.4. The molecule has 4 aliphatic rings. The Morgan fingerprint density at radius 3 is 1.19 bits per heavy atom. The zero-order chi connectivity index (χ0) is 91.6. The summed E-state index contributed by atoms with van der Waals surface area (Å²) in [5, 5.41) is 48.0. The van der Waals surface area contributed by atoms with Gasteiger partial charge in [0, 0.05) is 73.9 Å². The maximum Gasteiger partial charge on any atom is 0.416 e. The van der Waals surface area contributed by atoms with Crippen molar-refractivity contribution in [3.8, 4) is 76.9 Å². The molecule has 0 bridgehead atoms. The fraction of sp³-hybridized carbons (Fsp3) is 0.188. The van der Waals surface area contributed by atoms with Crippen molar-refractivity contribution in [3.05, 3.63) is 331 Å². The second-order valence-electron chi connectivity index (χ2n) is 31.8. The first-order valence-electron chi connectivity index (χ1n) is 40.8. The van der Waals surface area contributed by atoms with Crippen molar-refractivity contribution in [1.29, 1.82) is 0 Å². The standard InChI is InChI=1S/C26H22N2O4S2.C25H21N3O4S.C24H19NO4S3.C21H16F3NO4S2/c1-16-23(14-28-33-16)18-7-9-21(24-4-2-3-11-27-24)20(12-18)15-34(31,32)25-13-19(26(29)30)8-10-22(25)17-5-6-17;29-25(30)18-7-9-22(16-4-5-16)24(12-18)33(31,32)15-19-11-17(20-13-27-28-14-20)6-8-21(19)23-3-1-2-10-26-23;26-24(27)17-6-8-20(15-3-4-15)23(13-17)32(28,29)14-18-12-16(21-9-10-25-31-21)5-7-19(18)22-2-1-11-30-22;22-21(23,24)15-4-6-16(18-7-8-30-25-18)14(9-15)11-31(28,29)19-10-13(20(26)27)3-5-17(19)12-1-2-12/h2-4,7-14,17H,5-6,15H2,1H3,(H,29,30);1-3,6-14,16H,4-5,15H2,(H,27,28)(H,29,30);1-2,5-13,15H,3-4,14H2,(H,26,27);3-10,12H,1-2,11H2,(H,26,27). The van der Waals surface area contributed by atoms with Gasteiger partial charge in [0.05, 0.1) is 98.6 Å². The van der Waals surface area contributed by atoms with Gasteiger partial charge in [-0.05, 0) is 310 Å². The molecule has 0 spiro atoms. The minimum atomic E-state index is -4.64. The number of nitrogens with one attached hydrogen (secondary N) is 1. The molecule has 0 saturated heterocycles. The van der Waals surface area contributed by atoms with Crippen molar-refractivity contribution in [3.63, 3.8) is 0 Å². The summed E-state index contributed by atoms with van der Waals surface area (Å²) in [4.78, 5) is 58.1. The highest BCUT2D eigenvalue weighted by atomic mass is 32.2. The van der Waals surface area contributed by atoms with E-state index in [2.05, 4.69) is 33.3 Å². The number of aromatic nitrogens is 7. The summed E-state index contributed by atoms with van der Waals surface area (Å²) in [7, 11) is -15.6. The van der Waals surface area contributed by atoms with E-state index in [9.17, 15) is 86.4 Å². The Bertz CT molecular complexity index is 7290. The number of rotatable bonds is 27. The largest absolute Gasteiger partial charge is 0.478 e. The van der Waals surface area contributed by atoms with Crippen LogP contribution in [-0.2, 0) is 68.5 Å². The summed E-state index contributed by atoms with van der Waals surface area (Å²) in [6.45, 7) is 1.98. The van der Waals surface area contributed by atoms with Crippen LogP contribution < -0.4 is 0 Å². The molecule has 34 heteroatoms. The first-order valence-corrected chi connectivity index (χ1v) is 50.7. The third-order valence-electron chi connectivity index (χ3n) is 22.6. The van der Waals surface area contributed by atoms with Gasteiger partial charge in [-0.3, -0.25) is 15.1 Å². The summed E-state index contributed by atoms with van der Waals surface area (Å²) in [6, 6.07) is 55.9. The lowest BCUT2D eigenvalue weighted by Crippen LogP contribution is -2.12. The van der Waals surface area contributed by atoms with Crippen molar-refractivity contribution >= 4 is 109 Å². The molecule has 19 rings (SSSR count). The quantitative estimate of drug-likeness (QED) is 0.0319. The van der Waals surface area contributed by atoms with Crippen molar-refractivity contribution < 1.29 is 86.4 Å². The molecule has 0 aliphatic heterocycles. The van der Waals surface area contributed by atoms with Crippen LogP contribution >= 0.6 is 45.9 Å². The molecule has 662 valence electrons. The number of carbonyl (C=O) groups is 4. The van der Waals surface area contributed by atoms with E-state index in [1.54, 1.807) is 84.2 Å². The molecular weight excluding hydrogens is 1820 g/mol. The molecule has 5 N–H and O–H groups in total. The molecule has 7 aromatic heterocycles. The topological polar surface area (TPSA) is 379 Å². The Labute approximate surface area is 762 Å². The lowest BCUT2D eigenvalue weighted by molar-refractivity contribution is -0.137. The molecule has 4 aliphatic carbocycles.